The summed E-state index contributed by atoms with van der Waals surface area (Å²) in [6.07, 6.45) is 1.70. The second-order valence-electron chi connectivity index (χ2n) is 3.22. The van der Waals surface area contributed by atoms with Crippen LogP contribution < -0.4 is 4.74 Å². The Morgan fingerprint density at radius 2 is 2.06 bits per heavy atom. The van der Waals surface area contributed by atoms with Crippen molar-refractivity contribution in [3.8, 4) is 5.75 Å². The molecule has 0 bridgehead atoms. The Balaban J connectivity index is 2.69. The molecule has 0 aliphatic rings. The van der Waals surface area contributed by atoms with Crippen molar-refractivity contribution in [3.05, 3.63) is 30.0 Å². The van der Waals surface area contributed by atoms with Gasteiger partial charge >= 0.3 is 5.97 Å². The van der Waals surface area contributed by atoms with Crippen molar-refractivity contribution in [2.75, 3.05) is 7.11 Å². The number of ketones is 1. The molecule has 5 nitrogen and oxygen atoms in total. The number of nitrogens with one attached hydrogen (secondary N) is 1. The molecule has 1 aromatic heterocycles. The Kier molecular flexibility index (Phi) is 2.36. The molecule has 1 heterocycles. The van der Waals surface area contributed by atoms with Gasteiger partial charge in [-0.3, -0.25) is 4.79 Å². The third-order valence-electron chi connectivity index (χ3n) is 2.33. The number of hydrogen-bond acceptors (Lipinski definition) is 3. The third-order valence-corrected chi connectivity index (χ3v) is 2.33. The number of benzene rings is 1. The minimum Gasteiger partial charge on any atom is -0.495 e. The molecule has 0 aliphatic heterocycles. The Bertz CT molecular complexity index is 570. The van der Waals surface area contributed by atoms with E-state index >= 15 is 0 Å². The number of Topliss-reactive ketones (excluding diaryl/α,β-unsaturated/α-hetero) is 1. The number of hydrogen-bond donors (Lipinski definition) is 2. The number of aromatic nitrogens is 1. The zero-order valence-electron chi connectivity index (χ0n) is 8.48. The van der Waals surface area contributed by atoms with Gasteiger partial charge < -0.3 is 14.8 Å². The van der Waals surface area contributed by atoms with Crippen molar-refractivity contribution in [1.29, 1.82) is 0 Å². The molecule has 0 saturated carbocycles. The number of carbonyl (C=O) groups is 2. The number of carbonyl (C=O) groups excluding carboxylic acids is 1. The third kappa shape index (κ3) is 1.42. The molecule has 0 spiro atoms. The Labute approximate surface area is 90.6 Å². The first-order valence-electron chi connectivity index (χ1n) is 4.57. The average molecular weight is 219 g/mol. The predicted octanol–water partition coefficient (Wildman–Crippen LogP) is 1.44. The molecule has 2 rings (SSSR count). The molecular formula is C11H9NO4. The van der Waals surface area contributed by atoms with Gasteiger partial charge in [0.1, 0.15) is 5.75 Å². The monoisotopic (exact) mass is 219 g/mol. The summed E-state index contributed by atoms with van der Waals surface area (Å²) < 4.78 is 5.08. The number of H-pyrrole nitrogens is 1. The lowest BCUT2D eigenvalue weighted by atomic mass is 10.1. The quantitative estimate of drug-likeness (QED) is 0.604. The first-order valence-corrected chi connectivity index (χ1v) is 4.57. The zero-order chi connectivity index (χ0) is 11.7. The van der Waals surface area contributed by atoms with Gasteiger partial charge in [0.25, 0.3) is 5.78 Å². The van der Waals surface area contributed by atoms with Crippen LogP contribution in [0.5, 0.6) is 5.75 Å². The smallest absolute Gasteiger partial charge is 0.377 e. The molecule has 82 valence electrons. The largest absolute Gasteiger partial charge is 0.495 e. The van der Waals surface area contributed by atoms with Gasteiger partial charge in [-0.15, -0.1) is 0 Å². The van der Waals surface area contributed by atoms with Crippen molar-refractivity contribution in [2.45, 2.75) is 0 Å². The number of carboxylic acids is 1. The molecule has 0 atom stereocenters. The summed E-state index contributed by atoms with van der Waals surface area (Å²) in [5.41, 5.74) is 0.848. The maximum Gasteiger partial charge on any atom is 0.377 e. The fraction of sp³-hybridized carbons (Fsp3) is 0.0909. The normalized spacial score (nSPS) is 10.3. The summed E-state index contributed by atoms with van der Waals surface area (Å²) in [7, 11) is 1.40. The molecule has 5 heteroatoms. The van der Waals surface area contributed by atoms with Crippen LogP contribution in [0.2, 0.25) is 0 Å². The number of ether oxygens (including phenoxy) is 1. The van der Waals surface area contributed by atoms with Crippen LogP contribution in [0.4, 0.5) is 0 Å². The Morgan fingerprint density at radius 3 is 2.69 bits per heavy atom. The van der Waals surface area contributed by atoms with Crippen LogP contribution in [-0.4, -0.2) is 29.0 Å². The van der Waals surface area contributed by atoms with Crippen molar-refractivity contribution in [3.63, 3.8) is 0 Å². The summed E-state index contributed by atoms with van der Waals surface area (Å²) in [6.45, 7) is 0. The number of aliphatic carboxylic acids is 1. The van der Waals surface area contributed by atoms with Gasteiger partial charge in [0, 0.05) is 17.1 Å². The van der Waals surface area contributed by atoms with E-state index < -0.39 is 11.8 Å². The van der Waals surface area contributed by atoms with Gasteiger partial charge in [0.05, 0.1) is 12.7 Å². The van der Waals surface area contributed by atoms with E-state index in [4.69, 9.17) is 9.84 Å². The van der Waals surface area contributed by atoms with E-state index in [1.807, 2.05) is 0 Å². The molecule has 0 aliphatic carbocycles. The second-order valence-corrected chi connectivity index (χ2v) is 3.22. The summed E-state index contributed by atoms with van der Waals surface area (Å²) in [5.74, 6) is -2.18. The number of carboxylic acid groups (broad SMARTS) is 1. The highest BCUT2D eigenvalue weighted by Crippen LogP contribution is 2.29. The summed E-state index contributed by atoms with van der Waals surface area (Å²) >= 11 is 0. The molecule has 16 heavy (non-hydrogen) atoms. The number of aromatic amines is 1. The molecular weight excluding hydrogens is 210 g/mol. The van der Waals surface area contributed by atoms with Crippen LogP contribution in [0.15, 0.2) is 24.4 Å². The molecule has 2 aromatic rings. The number of rotatable bonds is 3. The lowest BCUT2D eigenvalue weighted by molar-refractivity contribution is -0.131. The second kappa shape index (κ2) is 3.69. The molecule has 2 N–H and O–H groups in total. The summed E-state index contributed by atoms with van der Waals surface area (Å²) in [5, 5.41) is 9.35. The molecule has 0 unspecified atom stereocenters. The van der Waals surface area contributed by atoms with E-state index in [0.717, 1.165) is 5.52 Å². The minimum atomic E-state index is -1.49. The molecule has 0 saturated heterocycles. The van der Waals surface area contributed by atoms with Gasteiger partial charge in [-0.05, 0) is 18.2 Å². The van der Waals surface area contributed by atoms with E-state index in [1.165, 1.54) is 13.2 Å². The summed E-state index contributed by atoms with van der Waals surface area (Å²) in [6, 6.07) is 4.81. The topological polar surface area (TPSA) is 79.4 Å². The van der Waals surface area contributed by atoms with E-state index in [2.05, 4.69) is 4.98 Å². The van der Waals surface area contributed by atoms with Crippen LogP contribution in [0.25, 0.3) is 10.9 Å². The molecule has 0 radical (unpaired) electrons. The van der Waals surface area contributed by atoms with Crippen LogP contribution >= 0.6 is 0 Å². The minimum absolute atomic E-state index is 0.0575. The Morgan fingerprint density at radius 1 is 1.31 bits per heavy atom. The van der Waals surface area contributed by atoms with Crippen molar-refractivity contribution < 1.29 is 19.4 Å². The molecule has 0 fully saturated rings. The summed E-state index contributed by atoms with van der Waals surface area (Å²) in [4.78, 5) is 25.0. The zero-order valence-corrected chi connectivity index (χ0v) is 8.48. The highest BCUT2D eigenvalue weighted by Gasteiger charge is 2.21. The first-order chi connectivity index (χ1) is 7.65. The SMILES string of the molecule is COc1c(C(=O)C(=O)O)ccc2[nH]ccc12. The highest BCUT2D eigenvalue weighted by molar-refractivity contribution is 6.41. The lowest BCUT2D eigenvalue weighted by Crippen LogP contribution is -2.13. The highest BCUT2D eigenvalue weighted by atomic mass is 16.5. The Hall–Kier alpha value is -2.30. The van der Waals surface area contributed by atoms with E-state index in [0.29, 0.717) is 5.39 Å². The first kappa shape index (κ1) is 10.2. The number of fused-ring (bicyclic) bond motifs is 1. The van der Waals surface area contributed by atoms with Gasteiger partial charge in [-0.2, -0.15) is 0 Å². The molecule has 1 aromatic carbocycles. The van der Waals surface area contributed by atoms with Crippen molar-refractivity contribution in [2.24, 2.45) is 0 Å². The van der Waals surface area contributed by atoms with E-state index in [1.54, 1.807) is 18.3 Å². The van der Waals surface area contributed by atoms with Crippen LogP contribution in [0.3, 0.4) is 0 Å². The van der Waals surface area contributed by atoms with Crippen LogP contribution in [0, 0.1) is 0 Å². The maximum atomic E-state index is 11.4. The maximum absolute atomic E-state index is 11.4. The van der Waals surface area contributed by atoms with Crippen LogP contribution in [0.1, 0.15) is 10.4 Å². The van der Waals surface area contributed by atoms with E-state index in [-0.39, 0.29) is 11.3 Å². The van der Waals surface area contributed by atoms with E-state index in [9.17, 15) is 9.59 Å². The fourth-order valence-corrected chi connectivity index (χ4v) is 1.62. The van der Waals surface area contributed by atoms with Crippen molar-refractivity contribution >= 4 is 22.7 Å². The van der Waals surface area contributed by atoms with Gasteiger partial charge in [-0.1, -0.05) is 0 Å². The predicted molar refractivity (Wildman–Crippen MR) is 56.8 cm³/mol. The lowest BCUT2D eigenvalue weighted by Gasteiger charge is -2.06. The molecule has 0 amide bonds. The van der Waals surface area contributed by atoms with Gasteiger partial charge in [-0.25, -0.2) is 4.79 Å². The standard InChI is InChI=1S/C11H9NO4/c1-16-10-6-4-5-12-8(6)3-2-7(10)9(13)11(14)15/h2-5,12H,1H3,(H,14,15). The van der Waals surface area contributed by atoms with Crippen LogP contribution in [-0.2, 0) is 4.79 Å². The van der Waals surface area contributed by atoms with Gasteiger partial charge in [0.15, 0.2) is 0 Å². The average Bonchev–Trinajstić information content (AvgIpc) is 2.74. The fourth-order valence-electron chi connectivity index (χ4n) is 1.62. The van der Waals surface area contributed by atoms with Crippen molar-refractivity contribution in [1.82, 2.24) is 4.98 Å². The number of methoxy groups -OCH3 is 1. The van der Waals surface area contributed by atoms with Gasteiger partial charge in [0.2, 0.25) is 0 Å².